The number of nitrogens with one attached hydrogen (secondary N) is 1. The van der Waals surface area contributed by atoms with Crippen molar-refractivity contribution in [1.82, 2.24) is 5.32 Å². The second-order valence-electron chi connectivity index (χ2n) is 3.41. The molecule has 0 atom stereocenters. The van der Waals surface area contributed by atoms with Crippen LogP contribution in [-0.4, -0.2) is 19.1 Å². The maximum atomic E-state index is 12.6. The molecule has 0 radical (unpaired) electrons. The Bertz CT molecular complexity index is 374. The maximum Gasteiger partial charge on any atom is 0.330 e. The fourth-order valence-corrected chi connectivity index (χ4v) is 1.25. The molecule has 92 valence electrons. The fraction of sp³-hybridized carbons (Fsp3) is 0.308. The number of rotatable bonds is 6. The molecule has 4 heteroatoms. The minimum absolute atomic E-state index is 0.240. The summed E-state index contributed by atoms with van der Waals surface area (Å²) in [5.41, 5.74) is 0.996. The van der Waals surface area contributed by atoms with Crippen molar-refractivity contribution in [3.05, 3.63) is 47.8 Å². The van der Waals surface area contributed by atoms with Gasteiger partial charge < -0.3 is 10.1 Å². The third kappa shape index (κ3) is 5.82. The lowest BCUT2D eigenvalue weighted by Gasteiger charge is -2.01. The van der Waals surface area contributed by atoms with Crippen LogP contribution in [0.3, 0.4) is 0 Å². The van der Waals surface area contributed by atoms with Crippen molar-refractivity contribution in [1.29, 1.82) is 0 Å². The van der Waals surface area contributed by atoms with E-state index in [1.807, 2.05) is 0 Å². The zero-order valence-corrected chi connectivity index (χ0v) is 9.78. The molecule has 0 spiro atoms. The molecule has 0 aliphatic carbocycles. The summed E-state index contributed by atoms with van der Waals surface area (Å²) < 4.78 is 17.3. The summed E-state index contributed by atoms with van der Waals surface area (Å²) >= 11 is 0. The van der Waals surface area contributed by atoms with Crippen molar-refractivity contribution in [2.75, 3.05) is 13.2 Å². The van der Waals surface area contributed by atoms with E-state index in [9.17, 15) is 9.18 Å². The highest BCUT2D eigenvalue weighted by Gasteiger charge is 1.94. The van der Waals surface area contributed by atoms with Gasteiger partial charge in [-0.2, -0.15) is 0 Å². The molecule has 1 aromatic carbocycles. The molecule has 17 heavy (non-hydrogen) atoms. The Balaban J connectivity index is 2.20. The second kappa shape index (κ2) is 7.57. The summed E-state index contributed by atoms with van der Waals surface area (Å²) in [6.45, 7) is 3.34. The molecule has 0 aliphatic rings. The maximum absolute atomic E-state index is 12.6. The van der Waals surface area contributed by atoms with Crippen molar-refractivity contribution >= 4 is 5.97 Å². The van der Waals surface area contributed by atoms with Crippen LogP contribution in [0.25, 0.3) is 0 Å². The van der Waals surface area contributed by atoms with E-state index < -0.39 is 0 Å². The molecule has 0 aliphatic heterocycles. The van der Waals surface area contributed by atoms with Crippen molar-refractivity contribution in [2.24, 2.45) is 0 Å². The number of esters is 1. The Morgan fingerprint density at radius 3 is 2.76 bits per heavy atom. The number of hydrogen-bond acceptors (Lipinski definition) is 3. The van der Waals surface area contributed by atoms with Crippen LogP contribution in [-0.2, 0) is 16.1 Å². The SMILES string of the molecule is CCOC(=O)/C=C/CNCc1ccc(F)cc1. The Kier molecular flexibility index (Phi) is 5.96. The average Bonchev–Trinajstić information content (AvgIpc) is 2.31. The van der Waals surface area contributed by atoms with Crippen molar-refractivity contribution < 1.29 is 13.9 Å². The van der Waals surface area contributed by atoms with E-state index >= 15 is 0 Å². The minimum Gasteiger partial charge on any atom is -0.463 e. The predicted molar refractivity (Wildman–Crippen MR) is 63.9 cm³/mol. The number of ether oxygens (including phenoxy) is 1. The molecule has 3 nitrogen and oxygen atoms in total. The van der Waals surface area contributed by atoms with Crippen LogP contribution in [0.5, 0.6) is 0 Å². The van der Waals surface area contributed by atoms with Gasteiger partial charge in [-0.15, -0.1) is 0 Å². The summed E-state index contributed by atoms with van der Waals surface area (Å²) in [5.74, 6) is -0.577. The van der Waals surface area contributed by atoms with Gasteiger partial charge in [-0.3, -0.25) is 0 Å². The van der Waals surface area contributed by atoms with Crippen LogP contribution in [0.2, 0.25) is 0 Å². The lowest BCUT2D eigenvalue weighted by Crippen LogP contribution is -2.13. The molecule has 1 aromatic rings. The third-order valence-corrected chi connectivity index (χ3v) is 2.05. The van der Waals surface area contributed by atoms with Crippen LogP contribution >= 0.6 is 0 Å². The average molecular weight is 237 g/mol. The number of halogens is 1. The molecule has 0 aromatic heterocycles. The van der Waals surface area contributed by atoms with Gasteiger partial charge in [0.15, 0.2) is 0 Å². The highest BCUT2D eigenvalue weighted by Crippen LogP contribution is 2.01. The van der Waals surface area contributed by atoms with E-state index in [-0.39, 0.29) is 11.8 Å². The summed E-state index contributed by atoms with van der Waals surface area (Å²) in [7, 11) is 0. The first-order valence-electron chi connectivity index (χ1n) is 5.51. The van der Waals surface area contributed by atoms with Gasteiger partial charge in [0.2, 0.25) is 0 Å². The number of hydrogen-bond donors (Lipinski definition) is 1. The van der Waals surface area contributed by atoms with Crippen LogP contribution in [0.1, 0.15) is 12.5 Å². The van der Waals surface area contributed by atoms with Gasteiger partial charge in [-0.1, -0.05) is 18.2 Å². The van der Waals surface area contributed by atoms with E-state index in [0.29, 0.717) is 19.7 Å². The molecule has 1 N–H and O–H groups in total. The Morgan fingerprint density at radius 1 is 1.41 bits per heavy atom. The summed E-state index contributed by atoms with van der Waals surface area (Å²) in [4.78, 5) is 10.9. The van der Waals surface area contributed by atoms with Crippen molar-refractivity contribution in [3.63, 3.8) is 0 Å². The standard InChI is InChI=1S/C13H16FNO2/c1-2-17-13(16)4-3-9-15-10-11-5-7-12(14)8-6-11/h3-8,15H,2,9-10H2,1H3/b4-3+. The first-order valence-corrected chi connectivity index (χ1v) is 5.51. The Hall–Kier alpha value is -1.68. The number of benzene rings is 1. The lowest BCUT2D eigenvalue weighted by molar-refractivity contribution is -0.137. The zero-order valence-electron chi connectivity index (χ0n) is 9.78. The van der Waals surface area contributed by atoms with Gasteiger partial charge in [0, 0.05) is 19.2 Å². The molecule has 0 bridgehead atoms. The summed E-state index contributed by atoms with van der Waals surface area (Å²) in [6.07, 6.45) is 3.09. The zero-order chi connectivity index (χ0) is 12.5. The van der Waals surface area contributed by atoms with Crippen molar-refractivity contribution in [3.8, 4) is 0 Å². The quantitative estimate of drug-likeness (QED) is 0.467. The molecule has 0 amide bonds. The molecular weight excluding hydrogens is 221 g/mol. The van der Waals surface area contributed by atoms with Crippen LogP contribution in [0, 0.1) is 5.82 Å². The van der Waals surface area contributed by atoms with Gasteiger partial charge in [0.05, 0.1) is 6.61 Å². The largest absolute Gasteiger partial charge is 0.463 e. The first kappa shape index (κ1) is 13.4. The van der Waals surface area contributed by atoms with Gasteiger partial charge in [0.1, 0.15) is 5.82 Å². The molecule has 1 rings (SSSR count). The van der Waals surface area contributed by atoms with E-state index in [0.717, 1.165) is 5.56 Å². The van der Waals surface area contributed by atoms with Gasteiger partial charge in [-0.25, -0.2) is 9.18 Å². The molecule has 0 fully saturated rings. The molecular formula is C13H16FNO2. The second-order valence-corrected chi connectivity index (χ2v) is 3.41. The molecule has 0 saturated heterocycles. The summed E-state index contributed by atoms with van der Waals surface area (Å²) in [5, 5.41) is 3.10. The monoisotopic (exact) mass is 237 g/mol. The fourth-order valence-electron chi connectivity index (χ4n) is 1.25. The van der Waals surface area contributed by atoms with E-state index in [1.54, 1.807) is 25.1 Å². The smallest absolute Gasteiger partial charge is 0.330 e. The highest BCUT2D eigenvalue weighted by atomic mass is 19.1. The van der Waals surface area contributed by atoms with Gasteiger partial charge in [0.25, 0.3) is 0 Å². The lowest BCUT2D eigenvalue weighted by atomic mass is 10.2. The summed E-state index contributed by atoms with van der Waals surface area (Å²) in [6, 6.07) is 6.28. The molecule has 0 saturated carbocycles. The van der Waals surface area contributed by atoms with Crippen LogP contribution in [0.4, 0.5) is 4.39 Å². The number of carbonyl (C=O) groups excluding carboxylic acids is 1. The number of carbonyl (C=O) groups is 1. The van der Waals surface area contributed by atoms with Crippen LogP contribution in [0.15, 0.2) is 36.4 Å². The Morgan fingerprint density at radius 2 is 2.12 bits per heavy atom. The van der Waals surface area contributed by atoms with E-state index in [4.69, 9.17) is 4.74 Å². The first-order chi connectivity index (χ1) is 8.22. The van der Waals surface area contributed by atoms with Gasteiger partial charge >= 0.3 is 5.97 Å². The Labute approximate surface area is 100 Å². The minimum atomic E-state index is -0.337. The topological polar surface area (TPSA) is 38.3 Å². The van der Waals surface area contributed by atoms with Gasteiger partial charge in [-0.05, 0) is 24.6 Å². The predicted octanol–water partition coefficient (Wildman–Crippen LogP) is 2.03. The normalized spacial score (nSPS) is 10.7. The third-order valence-electron chi connectivity index (χ3n) is 2.05. The van der Waals surface area contributed by atoms with Crippen LogP contribution < -0.4 is 5.32 Å². The highest BCUT2D eigenvalue weighted by molar-refractivity contribution is 5.81. The van der Waals surface area contributed by atoms with Crippen molar-refractivity contribution in [2.45, 2.75) is 13.5 Å². The molecule has 0 heterocycles. The molecule has 0 unspecified atom stereocenters. The van der Waals surface area contributed by atoms with E-state index in [2.05, 4.69) is 5.32 Å². The van der Waals surface area contributed by atoms with E-state index in [1.165, 1.54) is 18.2 Å².